The van der Waals surface area contributed by atoms with E-state index in [1.165, 1.54) is 6.21 Å². The fourth-order valence-corrected chi connectivity index (χ4v) is 2.29. The van der Waals surface area contributed by atoms with Crippen molar-refractivity contribution >= 4 is 23.1 Å². The molecule has 1 N–H and O–H groups in total. The zero-order chi connectivity index (χ0) is 17.1. The van der Waals surface area contributed by atoms with Crippen molar-refractivity contribution < 1.29 is 13.7 Å². The van der Waals surface area contributed by atoms with E-state index in [4.69, 9.17) is 8.94 Å². The quantitative estimate of drug-likeness (QED) is 0.457. The molecule has 0 saturated heterocycles. The van der Waals surface area contributed by atoms with E-state index in [0.717, 1.165) is 16.5 Å². The summed E-state index contributed by atoms with van der Waals surface area (Å²) in [5.41, 5.74) is 3.84. The van der Waals surface area contributed by atoms with Crippen LogP contribution in [0.15, 0.2) is 74.7 Å². The van der Waals surface area contributed by atoms with E-state index in [9.17, 15) is 4.79 Å². The Balaban J connectivity index is 1.44. The first kappa shape index (κ1) is 14.8. The van der Waals surface area contributed by atoms with Gasteiger partial charge in [-0.3, -0.25) is 4.79 Å². The van der Waals surface area contributed by atoms with Crippen molar-refractivity contribution in [3.63, 3.8) is 0 Å². The van der Waals surface area contributed by atoms with E-state index in [1.807, 2.05) is 60.7 Å². The molecular formula is C18H12N4O3. The molecule has 7 nitrogen and oxygen atoms in total. The smallest absolute Gasteiger partial charge is 0.329 e. The van der Waals surface area contributed by atoms with Gasteiger partial charge in [0, 0.05) is 10.9 Å². The Bertz CT molecular complexity index is 1020. The summed E-state index contributed by atoms with van der Waals surface area (Å²) in [6, 6.07) is 18.6. The van der Waals surface area contributed by atoms with E-state index in [-0.39, 0.29) is 5.89 Å². The molecule has 0 spiro atoms. The molecule has 0 aliphatic rings. The van der Waals surface area contributed by atoms with Crippen LogP contribution >= 0.6 is 0 Å². The third kappa shape index (κ3) is 3.16. The molecule has 0 aliphatic heterocycles. The van der Waals surface area contributed by atoms with Crippen molar-refractivity contribution in [2.45, 2.75) is 0 Å². The number of aromatic nitrogens is 2. The second-order valence-electron chi connectivity index (χ2n) is 5.17. The number of carbonyl (C=O) groups is 1. The van der Waals surface area contributed by atoms with Crippen LogP contribution in [0.1, 0.15) is 16.4 Å². The molecule has 0 fully saturated rings. The first-order valence-corrected chi connectivity index (χ1v) is 7.51. The van der Waals surface area contributed by atoms with Gasteiger partial charge in [-0.15, -0.1) is 0 Å². The normalized spacial score (nSPS) is 11.2. The minimum absolute atomic E-state index is 0.166. The van der Waals surface area contributed by atoms with Gasteiger partial charge in [0.2, 0.25) is 5.82 Å². The molecule has 25 heavy (non-hydrogen) atoms. The summed E-state index contributed by atoms with van der Waals surface area (Å²) in [7, 11) is 0. The van der Waals surface area contributed by atoms with Crippen LogP contribution in [0, 0.1) is 0 Å². The number of hydrogen-bond acceptors (Lipinski definition) is 6. The van der Waals surface area contributed by atoms with Crippen LogP contribution in [0.25, 0.3) is 22.4 Å². The minimum Gasteiger partial charge on any atom is -0.455 e. The number of rotatable bonds is 4. The van der Waals surface area contributed by atoms with Gasteiger partial charge in [0.05, 0.1) is 6.21 Å². The largest absolute Gasteiger partial charge is 0.455 e. The number of nitrogens with one attached hydrogen (secondary N) is 1. The maximum atomic E-state index is 12.0. The Labute approximate surface area is 142 Å². The van der Waals surface area contributed by atoms with Crippen molar-refractivity contribution in [2.24, 2.45) is 5.10 Å². The standard InChI is InChI=1S/C18H12N4O3/c23-17(18-20-16(22-25-18)12-6-2-1-3-7-12)21-19-11-14-10-13-8-4-5-9-15(13)24-14/h1-11H,(H,21,23)/b19-11+. The topological polar surface area (TPSA) is 93.5 Å². The van der Waals surface area contributed by atoms with Gasteiger partial charge >= 0.3 is 11.8 Å². The molecule has 0 bridgehead atoms. The third-order valence-electron chi connectivity index (χ3n) is 3.45. The molecule has 1 amide bonds. The molecule has 122 valence electrons. The molecule has 7 heteroatoms. The second-order valence-corrected chi connectivity index (χ2v) is 5.17. The highest BCUT2D eigenvalue weighted by atomic mass is 16.5. The Hall–Kier alpha value is -3.74. The Morgan fingerprint density at radius 3 is 2.72 bits per heavy atom. The lowest BCUT2D eigenvalue weighted by atomic mass is 10.2. The van der Waals surface area contributed by atoms with Gasteiger partial charge in [0.25, 0.3) is 0 Å². The predicted molar refractivity (Wildman–Crippen MR) is 91.0 cm³/mol. The average Bonchev–Trinajstić information content (AvgIpc) is 3.29. The van der Waals surface area contributed by atoms with Crippen molar-refractivity contribution in [1.82, 2.24) is 15.6 Å². The maximum Gasteiger partial charge on any atom is 0.329 e. The van der Waals surface area contributed by atoms with Crippen LogP contribution in [0.2, 0.25) is 0 Å². The summed E-state index contributed by atoms with van der Waals surface area (Å²) >= 11 is 0. The number of amides is 1. The number of carbonyl (C=O) groups excluding carboxylic acids is 1. The molecule has 0 radical (unpaired) electrons. The molecule has 0 aliphatic carbocycles. The van der Waals surface area contributed by atoms with Gasteiger partial charge in [0.1, 0.15) is 11.3 Å². The highest BCUT2D eigenvalue weighted by Crippen LogP contribution is 2.17. The van der Waals surface area contributed by atoms with Crippen LogP contribution in [0.4, 0.5) is 0 Å². The van der Waals surface area contributed by atoms with Crippen molar-refractivity contribution in [2.75, 3.05) is 0 Å². The Kier molecular flexibility index (Phi) is 3.80. The summed E-state index contributed by atoms with van der Waals surface area (Å²) in [6.07, 6.45) is 1.41. The van der Waals surface area contributed by atoms with E-state index in [1.54, 1.807) is 0 Å². The fourth-order valence-electron chi connectivity index (χ4n) is 2.29. The SMILES string of the molecule is O=C(N/N=C/c1cc2ccccc2o1)c1nc(-c2ccccc2)no1. The van der Waals surface area contributed by atoms with Crippen molar-refractivity contribution in [1.29, 1.82) is 0 Å². The molecule has 0 unspecified atom stereocenters. The van der Waals surface area contributed by atoms with Crippen molar-refractivity contribution in [3.05, 3.63) is 72.3 Å². The predicted octanol–water partition coefficient (Wildman–Crippen LogP) is 3.25. The lowest BCUT2D eigenvalue weighted by Crippen LogP contribution is -2.17. The number of hydrazone groups is 1. The lowest BCUT2D eigenvalue weighted by Gasteiger charge is -1.92. The van der Waals surface area contributed by atoms with Crippen LogP contribution in [-0.4, -0.2) is 22.3 Å². The third-order valence-corrected chi connectivity index (χ3v) is 3.45. The van der Waals surface area contributed by atoms with Crippen LogP contribution < -0.4 is 5.43 Å². The molecule has 2 aromatic heterocycles. The Morgan fingerprint density at radius 1 is 1.08 bits per heavy atom. The number of furan rings is 1. The summed E-state index contributed by atoms with van der Waals surface area (Å²) < 4.78 is 10.5. The lowest BCUT2D eigenvalue weighted by molar-refractivity contribution is 0.0911. The second kappa shape index (κ2) is 6.40. The first-order valence-electron chi connectivity index (χ1n) is 7.51. The fraction of sp³-hybridized carbons (Fsp3) is 0. The number of para-hydroxylation sites is 1. The molecular weight excluding hydrogens is 320 g/mol. The van der Waals surface area contributed by atoms with Gasteiger partial charge in [-0.1, -0.05) is 53.7 Å². The molecule has 4 aromatic rings. The Morgan fingerprint density at radius 2 is 1.88 bits per heavy atom. The van der Waals surface area contributed by atoms with E-state index >= 15 is 0 Å². The zero-order valence-corrected chi connectivity index (χ0v) is 12.9. The number of hydrogen-bond donors (Lipinski definition) is 1. The van der Waals surface area contributed by atoms with Crippen LogP contribution in [0.5, 0.6) is 0 Å². The summed E-state index contributed by atoms with van der Waals surface area (Å²) in [6.45, 7) is 0. The van der Waals surface area contributed by atoms with E-state index in [0.29, 0.717) is 11.6 Å². The van der Waals surface area contributed by atoms with Gasteiger partial charge in [0.15, 0.2) is 0 Å². The number of benzene rings is 2. The van der Waals surface area contributed by atoms with Gasteiger partial charge in [-0.2, -0.15) is 10.1 Å². The average molecular weight is 332 g/mol. The summed E-state index contributed by atoms with van der Waals surface area (Å²) in [5, 5.41) is 8.59. The molecule has 0 atom stereocenters. The van der Waals surface area contributed by atoms with E-state index in [2.05, 4.69) is 20.7 Å². The van der Waals surface area contributed by atoms with Gasteiger partial charge in [-0.05, 0) is 12.1 Å². The molecule has 4 rings (SSSR count). The molecule has 0 saturated carbocycles. The highest BCUT2D eigenvalue weighted by Gasteiger charge is 2.15. The molecule has 2 aromatic carbocycles. The highest BCUT2D eigenvalue weighted by molar-refractivity contribution is 5.91. The van der Waals surface area contributed by atoms with Gasteiger partial charge < -0.3 is 8.94 Å². The first-order chi connectivity index (χ1) is 12.3. The maximum absolute atomic E-state index is 12.0. The summed E-state index contributed by atoms with van der Waals surface area (Å²) in [5.74, 6) is 0.103. The van der Waals surface area contributed by atoms with E-state index < -0.39 is 5.91 Å². The monoisotopic (exact) mass is 332 g/mol. The molecule has 2 heterocycles. The van der Waals surface area contributed by atoms with Gasteiger partial charge in [-0.25, -0.2) is 5.43 Å². The summed E-state index contributed by atoms with van der Waals surface area (Å²) in [4.78, 5) is 16.1. The van der Waals surface area contributed by atoms with Crippen molar-refractivity contribution in [3.8, 4) is 11.4 Å². The van der Waals surface area contributed by atoms with Crippen LogP contribution in [0.3, 0.4) is 0 Å². The minimum atomic E-state index is -0.595. The number of fused-ring (bicyclic) bond motifs is 1. The zero-order valence-electron chi connectivity index (χ0n) is 12.9. The van der Waals surface area contributed by atoms with Crippen LogP contribution in [-0.2, 0) is 0 Å². The number of nitrogens with zero attached hydrogens (tertiary/aromatic N) is 3.